The zero-order valence-electron chi connectivity index (χ0n) is 9.04. The Morgan fingerprint density at radius 2 is 2.36 bits per heavy atom. The lowest BCUT2D eigenvalue weighted by molar-refractivity contribution is -0.165. The van der Waals surface area contributed by atoms with E-state index in [1.54, 1.807) is 14.0 Å². The molecule has 1 saturated heterocycles. The van der Waals surface area contributed by atoms with Crippen LogP contribution in [0, 0.1) is 0 Å². The predicted octanol–water partition coefficient (Wildman–Crippen LogP) is 1.13. The minimum Gasteiger partial charge on any atom is -0.382 e. The highest BCUT2D eigenvalue weighted by Gasteiger charge is 2.36. The molecule has 0 N–H and O–H groups in total. The van der Waals surface area contributed by atoms with E-state index in [2.05, 4.69) is 0 Å². The van der Waals surface area contributed by atoms with Crippen molar-refractivity contribution in [3.63, 3.8) is 0 Å². The van der Waals surface area contributed by atoms with E-state index in [1.165, 1.54) is 0 Å². The molecule has 0 spiro atoms. The van der Waals surface area contributed by atoms with E-state index in [4.69, 9.17) is 14.2 Å². The largest absolute Gasteiger partial charge is 0.382 e. The number of Topliss-reactive ketones (excluding diaryl/α,β-unsaturated/α-hetero) is 1. The Morgan fingerprint density at radius 1 is 1.64 bits per heavy atom. The van der Waals surface area contributed by atoms with Crippen LogP contribution < -0.4 is 0 Å². The Kier molecular flexibility index (Phi) is 4.04. The Labute approximate surface area is 84.5 Å². The Bertz CT molecular complexity index is 204. The first-order chi connectivity index (χ1) is 6.56. The molecular weight excluding hydrogens is 184 g/mol. The molecule has 1 heterocycles. The summed E-state index contributed by atoms with van der Waals surface area (Å²) < 4.78 is 16.1. The normalized spacial score (nSPS) is 32.1. The molecule has 0 bridgehead atoms. The summed E-state index contributed by atoms with van der Waals surface area (Å²) in [5.74, 6) is -0.442. The maximum atomic E-state index is 10.8. The summed E-state index contributed by atoms with van der Waals surface area (Å²) >= 11 is 0. The van der Waals surface area contributed by atoms with Gasteiger partial charge in [-0.15, -0.1) is 0 Å². The van der Waals surface area contributed by atoms with Crippen LogP contribution in [0.1, 0.15) is 26.7 Å². The van der Waals surface area contributed by atoms with E-state index in [9.17, 15) is 4.79 Å². The second kappa shape index (κ2) is 4.87. The molecular formula is C10H18O4. The lowest BCUT2D eigenvalue weighted by atomic mass is 10.1. The molecule has 0 aromatic heterocycles. The topological polar surface area (TPSA) is 44.8 Å². The van der Waals surface area contributed by atoms with Gasteiger partial charge in [0.15, 0.2) is 5.79 Å². The van der Waals surface area contributed by atoms with Crippen LogP contribution in [-0.2, 0) is 19.0 Å². The number of carbonyl (C=O) groups excluding carboxylic acids is 1. The molecule has 2 unspecified atom stereocenters. The monoisotopic (exact) mass is 202 g/mol. The molecule has 82 valence electrons. The highest BCUT2D eigenvalue weighted by molar-refractivity contribution is 5.75. The fourth-order valence-corrected chi connectivity index (χ4v) is 1.49. The van der Waals surface area contributed by atoms with E-state index in [1.807, 2.05) is 6.92 Å². The van der Waals surface area contributed by atoms with Crippen molar-refractivity contribution in [1.29, 1.82) is 0 Å². The first kappa shape index (κ1) is 11.6. The number of rotatable bonds is 5. The minimum absolute atomic E-state index is 0.00282. The molecule has 1 fully saturated rings. The molecule has 0 radical (unpaired) electrons. The highest BCUT2D eigenvalue weighted by Crippen LogP contribution is 2.28. The quantitative estimate of drug-likeness (QED) is 0.670. The molecule has 1 aliphatic heterocycles. The number of ether oxygens (including phenoxy) is 3. The fraction of sp³-hybridized carbons (Fsp3) is 0.900. The van der Waals surface area contributed by atoms with E-state index in [0.717, 1.165) is 0 Å². The first-order valence-electron chi connectivity index (χ1n) is 4.86. The van der Waals surface area contributed by atoms with Gasteiger partial charge in [-0.25, -0.2) is 0 Å². The van der Waals surface area contributed by atoms with Gasteiger partial charge in [0, 0.05) is 20.0 Å². The lowest BCUT2D eigenvalue weighted by Gasteiger charge is -2.22. The molecule has 1 rings (SSSR count). The third kappa shape index (κ3) is 3.36. The van der Waals surface area contributed by atoms with Gasteiger partial charge in [0.05, 0.1) is 13.2 Å². The third-order valence-corrected chi connectivity index (χ3v) is 2.27. The van der Waals surface area contributed by atoms with Gasteiger partial charge in [-0.2, -0.15) is 0 Å². The van der Waals surface area contributed by atoms with Crippen molar-refractivity contribution in [3.8, 4) is 0 Å². The summed E-state index contributed by atoms with van der Waals surface area (Å²) in [5, 5.41) is 0. The zero-order chi connectivity index (χ0) is 10.6. The van der Waals surface area contributed by atoms with Gasteiger partial charge in [-0.3, -0.25) is 0 Å². The number of methoxy groups -OCH3 is 1. The molecule has 4 heteroatoms. The van der Waals surface area contributed by atoms with Crippen LogP contribution in [0.4, 0.5) is 0 Å². The second-order valence-electron chi connectivity index (χ2n) is 3.84. The van der Waals surface area contributed by atoms with Crippen LogP contribution in [0.15, 0.2) is 0 Å². The standard InChI is InChI=1S/C10H18O4/c1-8(11)4-5-10(2)13-7-9(14-10)6-12-3/h9H,4-7H2,1-3H3. The van der Waals surface area contributed by atoms with Crippen molar-refractivity contribution in [2.45, 2.75) is 38.6 Å². The van der Waals surface area contributed by atoms with Crippen molar-refractivity contribution < 1.29 is 19.0 Å². The van der Waals surface area contributed by atoms with Crippen LogP contribution >= 0.6 is 0 Å². The Morgan fingerprint density at radius 3 is 2.93 bits per heavy atom. The number of hydrogen-bond acceptors (Lipinski definition) is 4. The Hall–Kier alpha value is -0.450. The summed E-state index contributed by atoms with van der Waals surface area (Å²) in [4.78, 5) is 10.8. The predicted molar refractivity (Wildman–Crippen MR) is 51.0 cm³/mol. The number of ketones is 1. The Balaban J connectivity index is 2.33. The van der Waals surface area contributed by atoms with Gasteiger partial charge >= 0.3 is 0 Å². The second-order valence-corrected chi connectivity index (χ2v) is 3.84. The summed E-state index contributed by atoms with van der Waals surface area (Å²) in [7, 11) is 1.63. The van der Waals surface area contributed by atoms with Gasteiger partial charge in [0.1, 0.15) is 11.9 Å². The van der Waals surface area contributed by atoms with E-state index in [-0.39, 0.29) is 11.9 Å². The van der Waals surface area contributed by atoms with Crippen molar-refractivity contribution in [3.05, 3.63) is 0 Å². The highest BCUT2D eigenvalue weighted by atomic mass is 16.7. The molecule has 0 aromatic rings. The van der Waals surface area contributed by atoms with Gasteiger partial charge in [0.25, 0.3) is 0 Å². The van der Waals surface area contributed by atoms with Crippen LogP contribution in [0.25, 0.3) is 0 Å². The molecule has 1 aliphatic rings. The van der Waals surface area contributed by atoms with Gasteiger partial charge in [-0.05, 0) is 13.8 Å². The minimum atomic E-state index is -0.602. The zero-order valence-corrected chi connectivity index (χ0v) is 9.04. The number of hydrogen-bond donors (Lipinski definition) is 0. The average molecular weight is 202 g/mol. The average Bonchev–Trinajstić information content (AvgIpc) is 2.46. The summed E-state index contributed by atoms with van der Waals surface area (Å²) in [6, 6.07) is 0. The molecule has 2 atom stereocenters. The van der Waals surface area contributed by atoms with Crippen molar-refractivity contribution >= 4 is 5.78 Å². The van der Waals surface area contributed by atoms with Gasteiger partial charge in [-0.1, -0.05) is 0 Å². The maximum Gasteiger partial charge on any atom is 0.166 e. The summed E-state index contributed by atoms with van der Waals surface area (Å²) in [5.41, 5.74) is 0. The van der Waals surface area contributed by atoms with Crippen LogP contribution in [-0.4, -0.2) is 38.0 Å². The molecule has 0 saturated carbocycles. The van der Waals surface area contributed by atoms with E-state index in [0.29, 0.717) is 26.1 Å². The fourth-order valence-electron chi connectivity index (χ4n) is 1.49. The van der Waals surface area contributed by atoms with E-state index < -0.39 is 5.79 Å². The van der Waals surface area contributed by atoms with Crippen LogP contribution in [0.2, 0.25) is 0 Å². The van der Waals surface area contributed by atoms with Gasteiger partial charge < -0.3 is 19.0 Å². The SMILES string of the molecule is COCC1COC(C)(CCC(C)=O)O1. The summed E-state index contributed by atoms with van der Waals surface area (Å²) in [6.07, 6.45) is 1.11. The van der Waals surface area contributed by atoms with Crippen LogP contribution in [0.5, 0.6) is 0 Å². The molecule has 0 aromatic carbocycles. The molecule has 4 nitrogen and oxygen atoms in total. The third-order valence-electron chi connectivity index (χ3n) is 2.27. The van der Waals surface area contributed by atoms with Crippen LogP contribution in [0.3, 0.4) is 0 Å². The lowest BCUT2D eigenvalue weighted by Crippen LogP contribution is -2.28. The molecule has 0 aliphatic carbocycles. The molecule has 14 heavy (non-hydrogen) atoms. The van der Waals surface area contributed by atoms with Crippen molar-refractivity contribution in [1.82, 2.24) is 0 Å². The molecule has 0 amide bonds. The van der Waals surface area contributed by atoms with Gasteiger partial charge in [0.2, 0.25) is 0 Å². The van der Waals surface area contributed by atoms with E-state index >= 15 is 0 Å². The first-order valence-corrected chi connectivity index (χ1v) is 4.86. The summed E-state index contributed by atoms with van der Waals surface area (Å²) in [6.45, 7) is 4.52. The maximum absolute atomic E-state index is 10.8. The number of carbonyl (C=O) groups is 1. The van der Waals surface area contributed by atoms with Crippen molar-refractivity contribution in [2.75, 3.05) is 20.3 Å². The van der Waals surface area contributed by atoms with Crippen molar-refractivity contribution in [2.24, 2.45) is 0 Å². The smallest absolute Gasteiger partial charge is 0.166 e.